The Morgan fingerprint density at radius 3 is 2.25 bits per heavy atom. The molecule has 1 aliphatic rings. The van der Waals surface area contributed by atoms with Crippen molar-refractivity contribution in [2.45, 2.75) is 89.1 Å². The number of aromatic nitrogens is 3. The van der Waals surface area contributed by atoms with Crippen LogP contribution in [0.4, 0.5) is 0 Å². The Kier molecular flexibility index (Phi) is 17.9. The maximum absolute atomic E-state index is 14.4. The van der Waals surface area contributed by atoms with Crippen molar-refractivity contribution >= 4 is 29.6 Å². The minimum Gasteiger partial charge on any atom is -0.490 e. The van der Waals surface area contributed by atoms with E-state index < -0.39 is 54.3 Å². The van der Waals surface area contributed by atoms with E-state index in [1.54, 1.807) is 14.1 Å². The number of carbonyl (C=O) groups excluding carboxylic acids is 4. The summed E-state index contributed by atoms with van der Waals surface area (Å²) in [7, 11) is 4.59. The van der Waals surface area contributed by atoms with Gasteiger partial charge in [-0.05, 0) is 55.8 Å². The predicted molar refractivity (Wildman–Crippen MR) is 230 cm³/mol. The van der Waals surface area contributed by atoms with E-state index >= 15 is 0 Å². The molecule has 2 aromatic carbocycles. The lowest BCUT2D eigenvalue weighted by molar-refractivity contribution is -0.143. The minimum absolute atomic E-state index is 0.00964. The van der Waals surface area contributed by atoms with Gasteiger partial charge in [-0.1, -0.05) is 79.7 Å². The summed E-state index contributed by atoms with van der Waals surface area (Å²) >= 11 is 0. The molecule has 0 aliphatic heterocycles. The molecule has 63 heavy (non-hydrogen) atoms. The van der Waals surface area contributed by atoms with Crippen LogP contribution in [0.3, 0.4) is 0 Å². The molecule has 0 spiro atoms. The topological polar surface area (TPSA) is 236 Å². The first-order valence-corrected chi connectivity index (χ1v) is 21.0. The highest BCUT2D eigenvalue weighted by atomic mass is 16.5. The van der Waals surface area contributed by atoms with Gasteiger partial charge >= 0.3 is 5.97 Å². The molecule has 2 heterocycles. The molecule has 4 atom stereocenters. The summed E-state index contributed by atoms with van der Waals surface area (Å²) < 4.78 is 23.0. The molecule has 1 saturated carbocycles. The maximum Gasteiger partial charge on any atom is 0.305 e. The molecule has 338 valence electrons. The highest BCUT2D eigenvalue weighted by Crippen LogP contribution is 2.38. The fraction of sp³-hybridized carbons (Fsp3) is 0.467. The third-order valence-electron chi connectivity index (χ3n) is 10.3. The first-order valence-electron chi connectivity index (χ1n) is 21.0. The van der Waals surface area contributed by atoms with E-state index in [0.717, 1.165) is 24.0 Å². The van der Waals surface area contributed by atoms with Gasteiger partial charge in [-0.3, -0.25) is 24.0 Å². The van der Waals surface area contributed by atoms with Gasteiger partial charge in [-0.2, -0.15) is 4.98 Å². The molecule has 2 aromatic heterocycles. The number of nitrogens with zero attached hydrogens (tertiary/aromatic N) is 4. The number of aliphatic carboxylic acids is 1. The second kappa shape index (κ2) is 23.7. The number of pyridine rings is 1. The smallest absolute Gasteiger partial charge is 0.305 e. The van der Waals surface area contributed by atoms with Gasteiger partial charge in [0.1, 0.15) is 30.0 Å². The number of hydrogen-bond acceptors (Lipinski definition) is 13. The second-order valence-corrected chi connectivity index (χ2v) is 15.8. The van der Waals surface area contributed by atoms with Gasteiger partial charge in [-0.25, -0.2) is 4.98 Å². The van der Waals surface area contributed by atoms with E-state index in [2.05, 4.69) is 36.4 Å². The van der Waals surface area contributed by atoms with Crippen molar-refractivity contribution in [3.8, 4) is 11.6 Å². The molecule has 1 fully saturated rings. The van der Waals surface area contributed by atoms with Crippen molar-refractivity contribution < 1.29 is 47.8 Å². The molecule has 1 aliphatic carbocycles. The van der Waals surface area contributed by atoms with Crippen molar-refractivity contribution in [1.82, 2.24) is 41.3 Å². The Morgan fingerprint density at radius 1 is 0.921 bits per heavy atom. The van der Waals surface area contributed by atoms with Gasteiger partial charge in [0, 0.05) is 32.1 Å². The number of ether oxygens (including phenoxy) is 3. The molecule has 5 rings (SSSR count). The molecule has 0 saturated heterocycles. The first-order chi connectivity index (χ1) is 30.4. The van der Waals surface area contributed by atoms with E-state index in [-0.39, 0.29) is 67.7 Å². The van der Waals surface area contributed by atoms with E-state index in [9.17, 15) is 29.1 Å². The average molecular weight is 871 g/mol. The molecule has 18 heteroatoms. The highest BCUT2D eigenvalue weighted by Gasteiger charge is 2.34. The molecule has 0 bridgehead atoms. The van der Waals surface area contributed by atoms with Crippen LogP contribution in [0.25, 0.3) is 0 Å². The fourth-order valence-electron chi connectivity index (χ4n) is 6.79. The van der Waals surface area contributed by atoms with Gasteiger partial charge in [0.15, 0.2) is 5.82 Å². The predicted octanol–water partition coefficient (Wildman–Crippen LogP) is 3.07. The molecular formula is C45H58N8O10. The van der Waals surface area contributed by atoms with Crippen LogP contribution >= 0.6 is 0 Å². The van der Waals surface area contributed by atoms with Crippen LogP contribution in [0, 0.1) is 5.92 Å². The lowest BCUT2D eigenvalue weighted by Crippen LogP contribution is -2.57. The highest BCUT2D eigenvalue weighted by molar-refractivity contribution is 6.02. The quantitative estimate of drug-likeness (QED) is 0.0610. The Balaban J connectivity index is 1.33. The molecule has 0 radical (unpaired) electrons. The van der Waals surface area contributed by atoms with Crippen LogP contribution < -0.4 is 30.7 Å². The summed E-state index contributed by atoms with van der Waals surface area (Å²) in [6.45, 7) is 4.02. The van der Waals surface area contributed by atoms with E-state index in [1.165, 1.54) is 24.3 Å². The van der Waals surface area contributed by atoms with Gasteiger partial charge in [0.05, 0.1) is 38.8 Å². The minimum atomic E-state index is -1.49. The number of carboxylic acid groups (broad SMARTS) is 1. The molecular weight excluding hydrogens is 813 g/mol. The zero-order valence-electron chi connectivity index (χ0n) is 36.4. The molecule has 18 nitrogen and oxygen atoms in total. The average Bonchev–Trinajstić information content (AvgIpc) is 4.02. The Morgan fingerprint density at radius 2 is 1.62 bits per heavy atom. The first kappa shape index (κ1) is 47.6. The number of carbonyl (C=O) groups is 5. The molecule has 4 amide bonds. The number of rotatable bonds is 26. The summed E-state index contributed by atoms with van der Waals surface area (Å²) in [6, 6.07) is 16.5. The second-order valence-electron chi connectivity index (χ2n) is 15.8. The van der Waals surface area contributed by atoms with Crippen molar-refractivity contribution in [1.29, 1.82) is 0 Å². The fourth-order valence-corrected chi connectivity index (χ4v) is 6.79. The summed E-state index contributed by atoms with van der Waals surface area (Å²) in [5.41, 5.74) is 1.57. The van der Waals surface area contributed by atoms with Gasteiger partial charge in [-0.15, -0.1) is 0 Å². The van der Waals surface area contributed by atoms with Crippen LogP contribution in [0.2, 0.25) is 0 Å². The van der Waals surface area contributed by atoms with Crippen molar-refractivity contribution in [2.75, 3.05) is 41.0 Å². The largest absolute Gasteiger partial charge is 0.490 e. The Hall–Kier alpha value is -6.40. The Bertz CT molecular complexity index is 2110. The SMILES string of the molecule is CNC(CC(C)C)C(=O)N(C)C(COCc1ccccc1)C(=O)NC(COc1ccnc(OC)c1C(=O)NC(CC(=O)O)C(=O)NCCc1nc(C2CC2)no1)Cc1ccccc1. The summed E-state index contributed by atoms with van der Waals surface area (Å²) in [6.07, 6.45) is 3.68. The third-order valence-corrected chi connectivity index (χ3v) is 10.3. The van der Waals surface area contributed by atoms with Crippen molar-refractivity contribution in [3.05, 3.63) is 101 Å². The van der Waals surface area contributed by atoms with E-state index in [1.807, 2.05) is 74.5 Å². The number of nitrogens with one attached hydrogen (secondary N) is 4. The Labute approximate surface area is 366 Å². The summed E-state index contributed by atoms with van der Waals surface area (Å²) in [4.78, 5) is 77.2. The monoisotopic (exact) mass is 870 g/mol. The summed E-state index contributed by atoms with van der Waals surface area (Å²) in [5.74, 6) is -2.43. The zero-order chi connectivity index (χ0) is 45.3. The molecule has 4 aromatic rings. The number of likely N-dealkylation sites (N-methyl/N-ethyl adjacent to an activating group) is 2. The van der Waals surface area contributed by atoms with Crippen molar-refractivity contribution in [3.63, 3.8) is 0 Å². The lowest BCUT2D eigenvalue weighted by atomic mass is 10.0. The molecule has 5 N–H and O–H groups in total. The number of amides is 4. The number of carboxylic acids is 1. The third kappa shape index (κ3) is 14.6. The number of hydrogen-bond donors (Lipinski definition) is 5. The maximum atomic E-state index is 14.4. The van der Waals surface area contributed by atoms with Gasteiger partial charge < -0.3 is 50.0 Å². The zero-order valence-corrected chi connectivity index (χ0v) is 36.4. The van der Waals surface area contributed by atoms with E-state index in [0.29, 0.717) is 24.6 Å². The van der Waals surface area contributed by atoms with E-state index in [4.69, 9.17) is 18.7 Å². The summed E-state index contributed by atoms with van der Waals surface area (Å²) in [5, 5.41) is 24.9. The normalized spacial score (nSPS) is 14.2. The van der Waals surface area contributed by atoms with Crippen LogP contribution in [-0.2, 0) is 43.4 Å². The van der Waals surface area contributed by atoms with Crippen LogP contribution in [0.5, 0.6) is 11.6 Å². The van der Waals surface area contributed by atoms with Gasteiger partial charge in [0.25, 0.3) is 5.91 Å². The van der Waals surface area contributed by atoms with Gasteiger partial charge in [0.2, 0.25) is 29.5 Å². The standard InChI is InChI=1S/C45H58N8O10/c1-28(2)22-34(46-3)45(59)53(4)35(27-61-25-30-14-10-7-11-15-30)42(57)49-32(23-29-12-8-6-9-13-29)26-62-36-18-20-48-44(60-5)39(36)43(58)50-33(24-38(54)55)41(56)47-21-19-37-51-40(52-63-37)31-16-17-31/h6-15,18,20,28,31-35,46H,16-17,19,21-27H2,1-5H3,(H,47,56)(H,49,57)(H,50,58)(H,54,55). The molecule has 4 unspecified atom stereocenters. The van der Waals surface area contributed by atoms with Crippen LogP contribution in [0.15, 0.2) is 77.4 Å². The van der Waals surface area contributed by atoms with Crippen LogP contribution in [0.1, 0.15) is 78.6 Å². The van der Waals surface area contributed by atoms with Crippen molar-refractivity contribution in [2.24, 2.45) is 5.92 Å². The van der Waals surface area contributed by atoms with Crippen LogP contribution in [-0.4, -0.2) is 120 Å². The number of methoxy groups -OCH3 is 1. The lowest BCUT2D eigenvalue weighted by Gasteiger charge is -2.32. The number of benzene rings is 2.